The summed E-state index contributed by atoms with van der Waals surface area (Å²) in [4.78, 5) is 16.9. The van der Waals surface area contributed by atoms with Gasteiger partial charge in [-0.3, -0.25) is 4.79 Å². The van der Waals surface area contributed by atoms with Crippen molar-refractivity contribution < 1.29 is 9.18 Å². The summed E-state index contributed by atoms with van der Waals surface area (Å²) < 4.78 is 13.0. The first-order valence-corrected chi connectivity index (χ1v) is 8.78. The Hall–Kier alpha value is -2.97. The number of anilines is 1. The minimum atomic E-state index is -0.946. The molecule has 0 spiro atoms. The van der Waals surface area contributed by atoms with Crippen LogP contribution < -0.4 is 5.32 Å². The van der Waals surface area contributed by atoms with Crippen molar-refractivity contribution in [2.24, 2.45) is 5.92 Å². The summed E-state index contributed by atoms with van der Waals surface area (Å²) in [5, 5.41) is 13.2. The zero-order valence-corrected chi connectivity index (χ0v) is 15.6. The number of fused-ring (bicyclic) bond motifs is 1. The maximum absolute atomic E-state index is 13.0. The van der Waals surface area contributed by atoms with E-state index in [4.69, 9.17) is 11.6 Å². The van der Waals surface area contributed by atoms with E-state index in [0.717, 1.165) is 22.0 Å². The lowest BCUT2D eigenvalue weighted by Gasteiger charge is -2.13. The number of carbonyl (C=O) groups is 1. The van der Waals surface area contributed by atoms with Crippen LogP contribution in [0.15, 0.2) is 42.5 Å². The number of nitrogens with one attached hydrogen (secondary N) is 1. The number of amides is 1. The van der Waals surface area contributed by atoms with Gasteiger partial charge in [0.15, 0.2) is 0 Å². The number of aromatic nitrogens is 1. The molecule has 0 aliphatic rings. The number of hydrogen-bond acceptors (Lipinski definition) is 3. The predicted octanol–water partition coefficient (Wildman–Crippen LogP) is 4.97. The first kappa shape index (κ1) is 18.8. The van der Waals surface area contributed by atoms with Crippen molar-refractivity contribution in [2.45, 2.75) is 20.3 Å². The van der Waals surface area contributed by atoms with Crippen molar-refractivity contribution in [1.82, 2.24) is 4.98 Å². The molecule has 0 unspecified atom stereocenters. The van der Waals surface area contributed by atoms with E-state index in [1.54, 1.807) is 0 Å². The predicted molar refractivity (Wildman–Crippen MR) is 104 cm³/mol. The van der Waals surface area contributed by atoms with Crippen molar-refractivity contribution in [3.05, 3.63) is 70.1 Å². The van der Waals surface area contributed by atoms with Gasteiger partial charge in [-0.1, -0.05) is 23.7 Å². The summed E-state index contributed by atoms with van der Waals surface area (Å²) in [5.74, 6) is -1.82. The van der Waals surface area contributed by atoms with Gasteiger partial charge in [0.1, 0.15) is 16.9 Å². The molecule has 0 aliphatic heterocycles. The third kappa shape index (κ3) is 4.07. The van der Waals surface area contributed by atoms with Gasteiger partial charge < -0.3 is 5.32 Å². The smallest absolute Gasteiger partial charge is 0.242 e. The Labute approximate surface area is 161 Å². The Morgan fingerprint density at radius 1 is 1.26 bits per heavy atom. The zero-order valence-electron chi connectivity index (χ0n) is 14.9. The van der Waals surface area contributed by atoms with Crippen LogP contribution in [-0.4, -0.2) is 10.9 Å². The van der Waals surface area contributed by atoms with E-state index in [1.807, 2.05) is 38.1 Å². The maximum atomic E-state index is 13.0. The van der Waals surface area contributed by atoms with Gasteiger partial charge in [0.25, 0.3) is 0 Å². The third-order valence-electron chi connectivity index (χ3n) is 4.55. The quantitative estimate of drug-likeness (QED) is 0.649. The van der Waals surface area contributed by atoms with E-state index in [-0.39, 0.29) is 11.6 Å². The van der Waals surface area contributed by atoms with E-state index in [0.29, 0.717) is 11.3 Å². The number of aryl methyl sites for hydroxylation is 2. The first-order chi connectivity index (χ1) is 12.9. The molecule has 1 heterocycles. The average Bonchev–Trinajstić information content (AvgIpc) is 2.65. The molecular weight excluding hydrogens is 365 g/mol. The number of nitrogens with zero attached hydrogens (tertiary/aromatic N) is 2. The van der Waals surface area contributed by atoms with Gasteiger partial charge in [-0.05, 0) is 60.9 Å². The molecule has 1 atom stereocenters. The van der Waals surface area contributed by atoms with Crippen LogP contribution in [0, 0.1) is 36.9 Å². The minimum absolute atomic E-state index is 0.137. The van der Waals surface area contributed by atoms with Gasteiger partial charge in [-0.25, -0.2) is 9.37 Å². The molecule has 2 aromatic carbocycles. The molecule has 4 nitrogen and oxygen atoms in total. The number of benzene rings is 2. The van der Waals surface area contributed by atoms with Gasteiger partial charge in [-0.2, -0.15) is 5.26 Å². The molecule has 0 radical (unpaired) electrons. The van der Waals surface area contributed by atoms with Crippen LogP contribution in [0.4, 0.5) is 10.1 Å². The van der Waals surface area contributed by atoms with Gasteiger partial charge >= 0.3 is 0 Å². The fourth-order valence-corrected chi connectivity index (χ4v) is 3.04. The van der Waals surface area contributed by atoms with Crippen LogP contribution in [0.25, 0.3) is 10.9 Å². The summed E-state index contributed by atoms with van der Waals surface area (Å²) in [6.07, 6.45) is 0.137. The summed E-state index contributed by atoms with van der Waals surface area (Å²) in [5.41, 5.74) is 4.04. The second kappa shape index (κ2) is 7.73. The molecule has 0 saturated heterocycles. The minimum Gasteiger partial charge on any atom is -0.325 e. The van der Waals surface area contributed by atoms with Crippen LogP contribution in [0.2, 0.25) is 5.15 Å². The van der Waals surface area contributed by atoms with Crippen molar-refractivity contribution in [3.8, 4) is 6.07 Å². The van der Waals surface area contributed by atoms with Crippen LogP contribution in [-0.2, 0) is 11.2 Å². The van der Waals surface area contributed by atoms with E-state index < -0.39 is 17.6 Å². The summed E-state index contributed by atoms with van der Waals surface area (Å²) in [6.45, 7) is 3.98. The largest absolute Gasteiger partial charge is 0.325 e. The lowest BCUT2D eigenvalue weighted by atomic mass is 9.98. The number of halogens is 2. The molecule has 3 aromatic rings. The Bertz CT molecular complexity index is 1060. The molecule has 6 heteroatoms. The molecule has 1 aromatic heterocycles. The van der Waals surface area contributed by atoms with E-state index in [9.17, 15) is 14.4 Å². The molecule has 136 valence electrons. The highest BCUT2D eigenvalue weighted by Crippen LogP contribution is 2.26. The highest BCUT2D eigenvalue weighted by Gasteiger charge is 2.21. The number of carbonyl (C=O) groups excluding carboxylic acids is 1. The molecule has 0 aliphatic carbocycles. The molecule has 0 bridgehead atoms. The molecule has 0 saturated carbocycles. The average molecular weight is 382 g/mol. The Balaban J connectivity index is 1.84. The number of nitriles is 1. The number of pyridine rings is 1. The summed E-state index contributed by atoms with van der Waals surface area (Å²) >= 11 is 6.32. The van der Waals surface area contributed by atoms with E-state index >= 15 is 0 Å². The van der Waals surface area contributed by atoms with Crippen LogP contribution in [0.3, 0.4) is 0 Å². The van der Waals surface area contributed by atoms with Gasteiger partial charge in [0.2, 0.25) is 5.91 Å². The monoisotopic (exact) mass is 381 g/mol. The first-order valence-electron chi connectivity index (χ1n) is 8.40. The zero-order chi connectivity index (χ0) is 19.6. The van der Waals surface area contributed by atoms with Crippen molar-refractivity contribution in [3.63, 3.8) is 0 Å². The Kier molecular flexibility index (Phi) is 5.38. The molecule has 27 heavy (non-hydrogen) atoms. The molecular formula is C21H17ClFN3O. The standard InChI is InChI=1S/C21H17ClFN3O/c1-12-3-4-14-9-15(20(22)26-19(14)13(12)2)10-16(11-24)21(27)25-18-7-5-17(23)6-8-18/h3-9,16H,10H2,1-2H3,(H,25,27)/t16-/m0/s1. The van der Waals surface area contributed by atoms with Crippen LogP contribution in [0.1, 0.15) is 16.7 Å². The second-order valence-corrected chi connectivity index (χ2v) is 6.76. The normalized spacial score (nSPS) is 11.8. The SMILES string of the molecule is Cc1ccc2cc(C[C@@H](C#N)C(=O)Nc3ccc(F)cc3)c(Cl)nc2c1C. The topological polar surface area (TPSA) is 65.8 Å². The number of hydrogen-bond donors (Lipinski definition) is 1. The van der Waals surface area contributed by atoms with E-state index in [2.05, 4.69) is 10.3 Å². The highest BCUT2D eigenvalue weighted by atomic mass is 35.5. The molecule has 3 rings (SSSR count). The van der Waals surface area contributed by atoms with Crippen LogP contribution in [0.5, 0.6) is 0 Å². The van der Waals surface area contributed by atoms with Crippen LogP contribution >= 0.6 is 11.6 Å². The summed E-state index contributed by atoms with van der Waals surface area (Å²) in [7, 11) is 0. The third-order valence-corrected chi connectivity index (χ3v) is 4.87. The molecule has 1 amide bonds. The van der Waals surface area contributed by atoms with Crippen molar-refractivity contribution in [1.29, 1.82) is 5.26 Å². The lowest BCUT2D eigenvalue weighted by molar-refractivity contribution is -0.118. The Morgan fingerprint density at radius 2 is 1.96 bits per heavy atom. The summed E-state index contributed by atoms with van der Waals surface area (Å²) in [6, 6.07) is 13.2. The Morgan fingerprint density at radius 3 is 2.63 bits per heavy atom. The molecule has 0 fully saturated rings. The fourth-order valence-electron chi connectivity index (χ4n) is 2.83. The fraction of sp³-hybridized carbons (Fsp3) is 0.190. The van der Waals surface area contributed by atoms with Gasteiger partial charge in [0, 0.05) is 17.5 Å². The van der Waals surface area contributed by atoms with E-state index in [1.165, 1.54) is 24.3 Å². The maximum Gasteiger partial charge on any atom is 0.242 e. The van der Waals surface area contributed by atoms with Crippen molar-refractivity contribution >= 4 is 34.1 Å². The lowest BCUT2D eigenvalue weighted by Crippen LogP contribution is -2.23. The van der Waals surface area contributed by atoms with Crippen molar-refractivity contribution in [2.75, 3.05) is 5.32 Å². The highest BCUT2D eigenvalue weighted by molar-refractivity contribution is 6.30. The number of rotatable bonds is 4. The molecule has 1 N–H and O–H groups in total. The second-order valence-electron chi connectivity index (χ2n) is 6.40. The van der Waals surface area contributed by atoms with Gasteiger partial charge in [0.05, 0.1) is 11.6 Å². The van der Waals surface area contributed by atoms with Gasteiger partial charge in [-0.15, -0.1) is 0 Å².